The maximum Gasteiger partial charge on any atom is 0.343 e. The number of carbonyl (C=O) groups excluding carboxylic acids is 1. The molecule has 0 radical (unpaired) electrons. The number of nitrogens with zero attached hydrogens (tertiary/aromatic N) is 1. The van der Waals surface area contributed by atoms with Crippen LogP contribution in [0.1, 0.15) is 15.9 Å². The lowest BCUT2D eigenvalue weighted by Gasteiger charge is -2.09. The van der Waals surface area contributed by atoms with Crippen LogP contribution in [0.15, 0.2) is 82.4 Å². The second-order valence-corrected chi connectivity index (χ2v) is 7.09. The van der Waals surface area contributed by atoms with Crippen molar-refractivity contribution in [2.24, 2.45) is 5.10 Å². The number of rotatable bonds is 5. The first-order chi connectivity index (χ1) is 14.0. The van der Waals surface area contributed by atoms with Crippen LogP contribution in [0.5, 0.6) is 5.75 Å². The minimum Gasteiger partial charge on any atom is -0.422 e. The van der Waals surface area contributed by atoms with Crippen molar-refractivity contribution in [2.75, 3.05) is 5.32 Å². The lowest BCUT2D eigenvalue weighted by molar-refractivity contribution is 0.0734. The van der Waals surface area contributed by atoms with E-state index in [4.69, 9.17) is 17.0 Å². The molecule has 146 valence electrons. The molecule has 8 heteroatoms. The van der Waals surface area contributed by atoms with Gasteiger partial charge in [-0.2, -0.15) is 5.10 Å². The second kappa shape index (κ2) is 9.90. The summed E-state index contributed by atoms with van der Waals surface area (Å²) in [4.78, 5) is 12.3. The Morgan fingerprint density at radius 2 is 1.79 bits per heavy atom. The Morgan fingerprint density at radius 3 is 2.52 bits per heavy atom. The molecular formula is C21H15BrFN3O2S. The lowest BCUT2D eigenvalue weighted by Crippen LogP contribution is -2.23. The van der Waals surface area contributed by atoms with Crippen molar-refractivity contribution in [3.05, 3.63) is 94.2 Å². The van der Waals surface area contributed by atoms with Crippen LogP contribution >= 0.6 is 28.1 Å². The SMILES string of the molecule is O=C(Oc1ccc(Br)cc1/C=N\NC(=S)Nc1ccc(F)cc1)c1ccccc1. The largest absolute Gasteiger partial charge is 0.422 e. The van der Waals surface area contributed by atoms with Crippen LogP contribution in [0.3, 0.4) is 0 Å². The number of esters is 1. The number of ether oxygens (including phenoxy) is 1. The molecule has 0 spiro atoms. The first kappa shape index (κ1) is 20.6. The van der Waals surface area contributed by atoms with E-state index >= 15 is 0 Å². The van der Waals surface area contributed by atoms with Crippen molar-refractivity contribution in [3.8, 4) is 5.75 Å². The molecule has 3 rings (SSSR count). The van der Waals surface area contributed by atoms with E-state index in [1.54, 1.807) is 54.6 Å². The van der Waals surface area contributed by atoms with Crippen molar-refractivity contribution in [1.29, 1.82) is 0 Å². The Bertz CT molecular complexity index is 1040. The van der Waals surface area contributed by atoms with Gasteiger partial charge in [-0.25, -0.2) is 9.18 Å². The second-order valence-electron chi connectivity index (χ2n) is 5.77. The minimum atomic E-state index is -0.468. The summed E-state index contributed by atoms with van der Waals surface area (Å²) in [7, 11) is 0. The van der Waals surface area contributed by atoms with Crippen LogP contribution in [0, 0.1) is 5.82 Å². The van der Waals surface area contributed by atoms with Crippen molar-refractivity contribution in [1.82, 2.24) is 5.43 Å². The highest BCUT2D eigenvalue weighted by Crippen LogP contribution is 2.23. The van der Waals surface area contributed by atoms with E-state index < -0.39 is 5.97 Å². The maximum atomic E-state index is 12.9. The molecule has 3 aromatic rings. The molecule has 0 aromatic heterocycles. The fraction of sp³-hybridized carbons (Fsp3) is 0. The van der Waals surface area contributed by atoms with Gasteiger partial charge in [-0.15, -0.1) is 0 Å². The number of nitrogens with one attached hydrogen (secondary N) is 2. The first-order valence-electron chi connectivity index (χ1n) is 8.44. The lowest BCUT2D eigenvalue weighted by atomic mass is 10.2. The van der Waals surface area contributed by atoms with Crippen LogP contribution in [-0.4, -0.2) is 17.3 Å². The molecule has 0 aliphatic heterocycles. The molecule has 29 heavy (non-hydrogen) atoms. The van der Waals surface area contributed by atoms with Crippen molar-refractivity contribution >= 4 is 51.1 Å². The predicted octanol–water partition coefficient (Wildman–Crippen LogP) is 5.13. The molecule has 0 saturated carbocycles. The number of halogens is 2. The zero-order valence-corrected chi connectivity index (χ0v) is 17.3. The van der Waals surface area contributed by atoms with E-state index in [0.717, 1.165) is 4.47 Å². The number of benzene rings is 3. The highest BCUT2D eigenvalue weighted by atomic mass is 79.9. The standard InChI is InChI=1S/C21H15BrFN3O2S/c22-16-6-11-19(28-20(27)14-4-2-1-3-5-14)15(12-16)13-24-26-21(29)25-18-9-7-17(23)8-10-18/h1-13H,(H2,25,26,29)/b24-13-. The Morgan fingerprint density at radius 1 is 1.07 bits per heavy atom. The summed E-state index contributed by atoms with van der Waals surface area (Å²) < 4.78 is 19.2. The highest BCUT2D eigenvalue weighted by molar-refractivity contribution is 9.10. The minimum absolute atomic E-state index is 0.227. The quantitative estimate of drug-likeness (QED) is 0.177. The maximum absolute atomic E-state index is 12.9. The number of hydrogen-bond donors (Lipinski definition) is 2. The fourth-order valence-corrected chi connectivity index (χ4v) is 2.85. The molecule has 3 aromatic carbocycles. The number of anilines is 1. The van der Waals surface area contributed by atoms with Gasteiger partial charge < -0.3 is 10.1 Å². The molecular weight excluding hydrogens is 457 g/mol. The van der Waals surface area contributed by atoms with E-state index in [9.17, 15) is 9.18 Å². The van der Waals surface area contributed by atoms with Gasteiger partial charge >= 0.3 is 5.97 Å². The van der Waals surface area contributed by atoms with Crippen LogP contribution in [0.4, 0.5) is 10.1 Å². The van der Waals surface area contributed by atoms with Gasteiger partial charge in [0.15, 0.2) is 5.11 Å². The third-order valence-corrected chi connectivity index (χ3v) is 4.34. The number of thiocarbonyl (C=S) groups is 1. The molecule has 0 aliphatic carbocycles. The molecule has 0 fully saturated rings. The molecule has 0 bridgehead atoms. The van der Waals surface area contributed by atoms with Gasteiger partial charge in [-0.3, -0.25) is 5.43 Å². The van der Waals surface area contributed by atoms with Gasteiger partial charge in [-0.1, -0.05) is 34.1 Å². The summed E-state index contributed by atoms with van der Waals surface area (Å²) in [6, 6.07) is 19.7. The van der Waals surface area contributed by atoms with Gasteiger partial charge in [-0.05, 0) is 66.8 Å². The average Bonchev–Trinajstić information content (AvgIpc) is 2.72. The summed E-state index contributed by atoms with van der Waals surface area (Å²) >= 11 is 8.54. The summed E-state index contributed by atoms with van der Waals surface area (Å²) in [6.45, 7) is 0. The summed E-state index contributed by atoms with van der Waals surface area (Å²) in [5.74, 6) is -0.450. The van der Waals surface area contributed by atoms with E-state index in [0.29, 0.717) is 22.6 Å². The van der Waals surface area contributed by atoms with E-state index in [1.807, 2.05) is 6.07 Å². The molecule has 0 aliphatic rings. The van der Waals surface area contributed by atoms with Crippen LogP contribution in [0.25, 0.3) is 0 Å². The van der Waals surface area contributed by atoms with Crippen LogP contribution in [0.2, 0.25) is 0 Å². The Labute approximate surface area is 180 Å². The van der Waals surface area contributed by atoms with Gasteiger partial charge in [0.25, 0.3) is 0 Å². The Kier molecular flexibility index (Phi) is 7.04. The molecule has 0 saturated heterocycles. The number of hydrazone groups is 1. The van der Waals surface area contributed by atoms with Gasteiger partial charge in [0, 0.05) is 15.7 Å². The molecule has 2 N–H and O–H groups in total. The normalized spacial score (nSPS) is 10.6. The summed E-state index contributed by atoms with van der Waals surface area (Å²) in [5.41, 5.74) is 4.31. The van der Waals surface area contributed by atoms with Crippen molar-refractivity contribution < 1.29 is 13.9 Å². The average molecular weight is 472 g/mol. The molecule has 0 unspecified atom stereocenters. The van der Waals surface area contributed by atoms with E-state index in [2.05, 4.69) is 31.8 Å². The fourth-order valence-electron chi connectivity index (χ4n) is 2.30. The zero-order valence-electron chi connectivity index (χ0n) is 14.9. The van der Waals surface area contributed by atoms with Crippen molar-refractivity contribution in [2.45, 2.75) is 0 Å². The van der Waals surface area contributed by atoms with Crippen LogP contribution < -0.4 is 15.5 Å². The predicted molar refractivity (Wildman–Crippen MR) is 119 cm³/mol. The highest BCUT2D eigenvalue weighted by Gasteiger charge is 2.11. The topological polar surface area (TPSA) is 62.7 Å². The third kappa shape index (κ3) is 6.20. The van der Waals surface area contributed by atoms with Gasteiger partial charge in [0.1, 0.15) is 11.6 Å². The molecule has 0 atom stereocenters. The van der Waals surface area contributed by atoms with Gasteiger partial charge in [0.05, 0.1) is 11.8 Å². The van der Waals surface area contributed by atoms with E-state index in [1.165, 1.54) is 18.3 Å². The zero-order chi connectivity index (χ0) is 20.6. The monoisotopic (exact) mass is 471 g/mol. The Balaban J connectivity index is 1.66. The van der Waals surface area contributed by atoms with E-state index in [-0.39, 0.29) is 10.9 Å². The van der Waals surface area contributed by atoms with Gasteiger partial charge in [0.2, 0.25) is 0 Å². The third-order valence-electron chi connectivity index (χ3n) is 3.66. The summed E-state index contributed by atoms with van der Waals surface area (Å²) in [6.07, 6.45) is 1.48. The van der Waals surface area contributed by atoms with Crippen molar-refractivity contribution in [3.63, 3.8) is 0 Å². The summed E-state index contributed by atoms with van der Waals surface area (Å²) in [5, 5.41) is 7.18. The first-order valence-corrected chi connectivity index (χ1v) is 9.64. The Hall–Kier alpha value is -3.10. The molecule has 0 amide bonds. The van der Waals surface area contributed by atoms with Crippen LogP contribution in [-0.2, 0) is 0 Å². The number of carbonyl (C=O) groups is 1. The smallest absolute Gasteiger partial charge is 0.343 e. The molecule has 5 nitrogen and oxygen atoms in total. The number of hydrogen-bond acceptors (Lipinski definition) is 4. The molecule has 0 heterocycles.